The lowest BCUT2D eigenvalue weighted by Gasteiger charge is -2.08. The van der Waals surface area contributed by atoms with E-state index in [0.29, 0.717) is 34.0 Å². The molecule has 8 nitrogen and oxygen atoms in total. The second-order valence-corrected chi connectivity index (χ2v) is 6.13. The van der Waals surface area contributed by atoms with Crippen LogP contribution in [0, 0.1) is 18.3 Å². The Morgan fingerprint density at radius 3 is 2.93 bits per heavy atom. The van der Waals surface area contributed by atoms with Crippen molar-refractivity contribution in [1.29, 1.82) is 5.26 Å². The van der Waals surface area contributed by atoms with Gasteiger partial charge in [-0.2, -0.15) is 10.4 Å². The molecular weight excluding hydrogens is 372 g/mol. The minimum atomic E-state index is -1.25. The van der Waals surface area contributed by atoms with E-state index in [0.717, 1.165) is 5.69 Å². The van der Waals surface area contributed by atoms with Gasteiger partial charge >= 0.3 is 0 Å². The molecule has 3 aromatic rings. The molecule has 146 valence electrons. The third kappa shape index (κ3) is 4.66. The molecule has 0 saturated heterocycles. The number of carbonyl (C=O) groups is 1. The summed E-state index contributed by atoms with van der Waals surface area (Å²) in [5, 5.41) is 24.5. The number of furan rings is 1. The van der Waals surface area contributed by atoms with Crippen LogP contribution in [0.15, 0.2) is 52.0 Å². The van der Waals surface area contributed by atoms with Gasteiger partial charge in [0.15, 0.2) is 5.82 Å². The number of nitriles is 1. The number of carboxylic acid groups (broad SMARTS) is 1. The smallest absolute Gasteiger partial charge is 0.164 e. The van der Waals surface area contributed by atoms with E-state index in [1.165, 1.54) is 18.3 Å². The number of nitrogens with one attached hydrogen (secondary N) is 1. The maximum atomic E-state index is 11.0. The third-order valence-corrected chi connectivity index (χ3v) is 4.01. The lowest BCUT2D eigenvalue weighted by atomic mass is 10.1. The van der Waals surface area contributed by atoms with Crippen LogP contribution in [0.25, 0.3) is 11.3 Å². The summed E-state index contributed by atoms with van der Waals surface area (Å²) in [6.45, 7) is 2.10. The number of methoxy groups -OCH3 is 1. The number of pyridine rings is 1. The standard InChI is InChI=1S/C21H18N4O4/c1-13-8-16(12-28-2)18(10-22)20(24-13)25-23-11-17-6-7-19(29-17)14-4-3-5-15(9-14)21(26)27/h3-9,11H,12H2,1-2H3,(H,24,25)(H,26,27)/p-1/b23-11+. The van der Waals surface area contributed by atoms with E-state index in [2.05, 4.69) is 21.6 Å². The van der Waals surface area contributed by atoms with Gasteiger partial charge in [0, 0.05) is 23.9 Å². The van der Waals surface area contributed by atoms with Crippen LogP contribution in [-0.4, -0.2) is 24.3 Å². The van der Waals surface area contributed by atoms with Crippen LogP contribution >= 0.6 is 0 Å². The Hall–Kier alpha value is -3.96. The first-order valence-electron chi connectivity index (χ1n) is 8.62. The van der Waals surface area contributed by atoms with Crippen molar-refractivity contribution in [2.24, 2.45) is 5.10 Å². The van der Waals surface area contributed by atoms with Gasteiger partial charge < -0.3 is 19.1 Å². The van der Waals surface area contributed by atoms with Crippen molar-refractivity contribution in [3.05, 3.63) is 70.6 Å². The Balaban J connectivity index is 1.78. The van der Waals surface area contributed by atoms with E-state index in [-0.39, 0.29) is 12.2 Å². The quantitative estimate of drug-likeness (QED) is 0.486. The molecule has 0 fully saturated rings. The number of aryl methyl sites for hydroxylation is 1. The number of carboxylic acids is 1. The SMILES string of the molecule is COCc1cc(C)nc(N/N=C/c2ccc(-c3cccc(C(=O)[O-])c3)o2)c1C#N. The zero-order chi connectivity index (χ0) is 20.8. The third-order valence-electron chi connectivity index (χ3n) is 4.01. The molecule has 0 spiro atoms. The van der Waals surface area contributed by atoms with E-state index in [9.17, 15) is 15.2 Å². The fourth-order valence-corrected chi connectivity index (χ4v) is 2.75. The highest BCUT2D eigenvalue weighted by Crippen LogP contribution is 2.23. The van der Waals surface area contributed by atoms with Crippen molar-refractivity contribution >= 4 is 18.0 Å². The van der Waals surface area contributed by atoms with Gasteiger partial charge in [-0.3, -0.25) is 5.43 Å². The second-order valence-electron chi connectivity index (χ2n) is 6.13. The highest BCUT2D eigenvalue weighted by molar-refractivity contribution is 5.87. The van der Waals surface area contributed by atoms with Crippen LogP contribution in [0.1, 0.15) is 32.9 Å². The number of hydrazone groups is 1. The Morgan fingerprint density at radius 1 is 1.38 bits per heavy atom. The van der Waals surface area contributed by atoms with Crippen molar-refractivity contribution in [2.75, 3.05) is 12.5 Å². The molecule has 0 atom stereocenters. The minimum absolute atomic E-state index is 0.0669. The average Bonchev–Trinajstić information content (AvgIpc) is 3.17. The minimum Gasteiger partial charge on any atom is -0.545 e. The largest absolute Gasteiger partial charge is 0.545 e. The van der Waals surface area contributed by atoms with E-state index in [4.69, 9.17) is 9.15 Å². The predicted octanol–water partition coefficient (Wildman–Crippen LogP) is 2.48. The van der Waals surface area contributed by atoms with Gasteiger partial charge in [0.05, 0.1) is 18.8 Å². The fourth-order valence-electron chi connectivity index (χ4n) is 2.75. The first kappa shape index (κ1) is 19.8. The van der Waals surface area contributed by atoms with Crippen molar-refractivity contribution in [3.63, 3.8) is 0 Å². The van der Waals surface area contributed by atoms with E-state index in [1.807, 2.05) is 6.92 Å². The molecule has 0 amide bonds. The van der Waals surface area contributed by atoms with Crippen LogP contribution in [0.3, 0.4) is 0 Å². The highest BCUT2D eigenvalue weighted by atomic mass is 16.5. The van der Waals surface area contributed by atoms with Gasteiger partial charge in [0.25, 0.3) is 0 Å². The van der Waals surface area contributed by atoms with E-state index >= 15 is 0 Å². The van der Waals surface area contributed by atoms with E-state index < -0.39 is 5.97 Å². The van der Waals surface area contributed by atoms with Crippen molar-refractivity contribution < 1.29 is 19.1 Å². The molecule has 0 bridgehead atoms. The summed E-state index contributed by atoms with van der Waals surface area (Å²) >= 11 is 0. The van der Waals surface area contributed by atoms with Crippen LogP contribution in [0.2, 0.25) is 0 Å². The molecule has 0 unspecified atom stereocenters. The number of carbonyl (C=O) groups excluding carboxylic acids is 1. The molecule has 0 radical (unpaired) electrons. The zero-order valence-electron chi connectivity index (χ0n) is 15.8. The highest BCUT2D eigenvalue weighted by Gasteiger charge is 2.11. The number of ether oxygens (including phenoxy) is 1. The normalized spacial score (nSPS) is 10.8. The molecule has 0 saturated carbocycles. The summed E-state index contributed by atoms with van der Waals surface area (Å²) in [5.74, 6) is -0.00150. The maximum absolute atomic E-state index is 11.0. The van der Waals surface area contributed by atoms with Crippen molar-refractivity contribution in [3.8, 4) is 17.4 Å². The molecule has 2 heterocycles. The van der Waals surface area contributed by atoms with Gasteiger partial charge in [-0.25, -0.2) is 4.98 Å². The molecule has 8 heteroatoms. The summed E-state index contributed by atoms with van der Waals surface area (Å²) in [5.41, 5.74) is 5.23. The summed E-state index contributed by atoms with van der Waals surface area (Å²) < 4.78 is 10.8. The molecule has 0 aliphatic heterocycles. The van der Waals surface area contributed by atoms with Gasteiger partial charge in [-0.05, 0) is 36.8 Å². The molecule has 1 aromatic carbocycles. The number of hydrogen-bond donors (Lipinski definition) is 1. The van der Waals surface area contributed by atoms with Gasteiger partial charge in [-0.15, -0.1) is 0 Å². The predicted molar refractivity (Wildman–Crippen MR) is 104 cm³/mol. The number of benzene rings is 1. The Morgan fingerprint density at radius 2 is 2.21 bits per heavy atom. The number of nitrogens with zero attached hydrogens (tertiary/aromatic N) is 3. The Kier molecular flexibility index (Phi) is 6.02. The van der Waals surface area contributed by atoms with Crippen LogP contribution in [0.4, 0.5) is 5.82 Å². The number of anilines is 1. The first-order chi connectivity index (χ1) is 14.0. The molecule has 0 aliphatic rings. The molecule has 29 heavy (non-hydrogen) atoms. The molecule has 0 aliphatic carbocycles. The zero-order valence-corrected chi connectivity index (χ0v) is 15.8. The number of aromatic carboxylic acids is 1. The second kappa shape index (κ2) is 8.82. The number of rotatable bonds is 7. The van der Waals surface area contributed by atoms with Crippen molar-refractivity contribution in [1.82, 2.24) is 4.98 Å². The summed E-state index contributed by atoms with van der Waals surface area (Å²) in [7, 11) is 1.55. The Labute approximate surface area is 167 Å². The summed E-state index contributed by atoms with van der Waals surface area (Å²) in [6, 6.07) is 13.6. The van der Waals surface area contributed by atoms with Crippen LogP contribution < -0.4 is 10.5 Å². The van der Waals surface area contributed by atoms with Gasteiger partial charge in [-0.1, -0.05) is 18.2 Å². The monoisotopic (exact) mass is 389 g/mol. The lowest BCUT2D eigenvalue weighted by Crippen LogP contribution is -2.22. The van der Waals surface area contributed by atoms with E-state index in [1.54, 1.807) is 37.4 Å². The lowest BCUT2D eigenvalue weighted by molar-refractivity contribution is -0.255. The summed E-state index contributed by atoms with van der Waals surface area (Å²) in [4.78, 5) is 15.3. The first-order valence-corrected chi connectivity index (χ1v) is 8.62. The van der Waals surface area contributed by atoms with Crippen LogP contribution in [0.5, 0.6) is 0 Å². The fraction of sp³-hybridized carbons (Fsp3) is 0.143. The molecular formula is C21H17N4O4-. The van der Waals surface area contributed by atoms with Crippen molar-refractivity contribution in [2.45, 2.75) is 13.5 Å². The topological polar surface area (TPSA) is 124 Å². The molecule has 1 N–H and O–H groups in total. The summed E-state index contributed by atoms with van der Waals surface area (Å²) in [6.07, 6.45) is 1.44. The van der Waals surface area contributed by atoms with Crippen LogP contribution in [-0.2, 0) is 11.3 Å². The maximum Gasteiger partial charge on any atom is 0.164 e. The number of aromatic nitrogens is 1. The Bertz CT molecular complexity index is 1110. The van der Waals surface area contributed by atoms with Gasteiger partial charge in [0.1, 0.15) is 23.2 Å². The van der Waals surface area contributed by atoms with Gasteiger partial charge in [0.2, 0.25) is 0 Å². The molecule has 3 rings (SSSR count). The number of hydrogen-bond acceptors (Lipinski definition) is 8. The molecule has 2 aromatic heterocycles. The average molecular weight is 389 g/mol.